The van der Waals surface area contributed by atoms with E-state index in [1.807, 2.05) is 19.2 Å². The number of hydrogen-bond acceptors (Lipinski definition) is 3. The van der Waals surface area contributed by atoms with Gasteiger partial charge in [-0.2, -0.15) is 0 Å². The van der Waals surface area contributed by atoms with E-state index in [4.69, 9.17) is 5.73 Å². The van der Waals surface area contributed by atoms with Gasteiger partial charge in [-0.05, 0) is 51.8 Å². The summed E-state index contributed by atoms with van der Waals surface area (Å²) in [5.41, 5.74) is 8.16. The topological polar surface area (TPSA) is 50.9 Å². The molecule has 0 amide bonds. The number of nitrogens with zero attached hydrogens (tertiary/aromatic N) is 1. The molecule has 1 rings (SSSR count). The summed E-state index contributed by atoms with van der Waals surface area (Å²) >= 11 is 0. The van der Waals surface area contributed by atoms with Crippen molar-refractivity contribution in [2.45, 2.75) is 46.2 Å². The third-order valence-electron chi connectivity index (χ3n) is 2.14. The summed E-state index contributed by atoms with van der Waals surface area (Å²) in [5, 5.41) is 3.34. The van der Waals surface area contributed by atoms with Crippen LogP contribution in [0.15, 0.2) is 12.3 Å². The third kappa shape index (κ3) is 3.51. The lowest BCUT2D eigenvalue weighted by Gasteiger charge is -2.22. The molecular weight excluding hydrogens is 186 g/mol. The molecule has 15 heavy (non-hydrogen) atoms. The van der Waals surface area contributed by atoms with Crippen molar-refractivity contribution in [1.29, 1.82) is 0 Å². The van der Waals surface area contributed by atoms with Crippen LogP contribution in [0.5, 0.6) is 0 Å². The van der Waals surface area contributed by atoms with Crippen LogP contribution in [0.3, 0.4) is 0 Å². The number of aryl methyl sites for hydroxylation is 1. The Labute approximate surface area is 92.1 Å². The molecule has 0 fully saturated rings. The molecule has 1 atom stereocenters. The Kier molecular flexibility index (Phi) is 3.35. The van der Waals surface area contributed by atoms with Crippen molar-refractivity contribution in [2.75, 3.05) is 5.32 Å². The number of nitrogens with one attached hydrogen (secondary N) is 1. The third-order valence-corrected chi connectivity index (χ3v) is 2.14. The zero-order valence-corrected chi connectivity index (χ0v) is 10.3. The van der Waals surface area contributed by atoms with E-state index >= 15 is 0 Å². The quantitative estimate of drug-likeness (QED) is 0.783. The first-order valence-corrected chi connectivity index (χ1v) is 5.30. The van der Waals surface area contributed by atoms with Gasteiger partial charge < -0.3 is 11.1 Å². The molecular formula is C12H21N3. The van der Waals surface area contributed by atoms with Crippen LogP contribution in [-0.2, 0) is 0 Å². The van der Waals surface area contributed by atoms with E-state index in [0.717, 1.165) is 11.4 Å². The van der Waals surface area contributed by atoms with Crippen molar-refractivity contribution in [3.63, 3.8) is 0 Å². The predicted molar refractivity (Wildman–Crippen MR) is 65.0 cm³/mol. The average Bonchev–Trinajstić information content (AvgIpc) is 1.99. The minimum atomic E-state index is 0.0370. The Morgan fingerprint density at radius 2 is 2.00 bits per heavy atom. The molecule has 3 N–H and O–H groups in total. The van der Waals surface area contributed by atoms with Crippen LogP contribution in [0.1, 0.15) is 44.9 Å². The maximum atomic E-state index is 5.83. The molecule has 0 aromatic carbocycles. The van der Waals surface area contributed by atoms with E-state index in [-0.39, 0.29) is 11.6 Å². The number of pyridine rings is 1. The second-order valence-electron chi connectivity index (χ2n) is 5.09. The van der Waals surface area contributed by atoms with E-state index in [0.29, 0.717) is 0 Å². The molecule has 3 heteroatoms. The Morgan fingerprint density at radius 3 is 2.40 bits per heavy atom. The van der Waals surface area contributed by atoms with E-state index in [1.165, 1.54) is 5.56 Å². The van der Waals surface area contributed by atoms with Gasteiger partial charge in [-0.25, -0.2) is 4.98 Å². The summed E-state index contributed by atoms with van der Waals surface area (Å²) < 4.78 is 0. The Morgan fingerprint density at radius 1 is 1.40 bits per heavy atom. The SMILES string of the molecule is Cc1cc(NC(C)(C)C)ncc1C(C)N. The number of anilines is 1. The molecule has 0 aliphatic rings. The highest BCUT2D eigenvalue weighted by Gasteiger charge is 2.11. The van der Waals surface area contributed by atoms with Crippen LogP contribution in [0.25, 0.3) is 0 Å². The highest BCUT2D eigenvalue weighted by Crippen LogP contribution is 2.19. The van der Waals surface area contributed by atoms with Gasteiger partial charge in [0, 0.05) is 17.8 Å². The van der Waals surface area contributed by atoms with Crippen molar-refractivity contribution in [3.8, 4) is 0 Å². The zero-order valence-electron chi connectivity index (χ0n) is 10.3. The van der Waals surface area contributed by atoms with Crippen LogP contribution in [-0.4, -0.2) is 10.5 Å². The molecule has 1 unspecified atom stereocenters. The second-order valence-corrected chi connectivity index (χ2v) is 5.09. The van der Waals surface area contributed by atoms with Crippen molar-refractivity contribution < 1.29 is 0 Å². The van der Waals surface area contributed by atoms with Crippen molar-refractivity contribution >= 4 is 5.82 Å². The van der Waals surface area contributed by atoms with Gasteiger partial charge in [-0.1, -0.05) is 0 Å². The van der Waals surface area contributed by atoms with Gasteiger partial charge in [0.25, 0.3) is 0 Å². The first-order chi connectivity index (χ1) is 6.79. The minimum absolute atomic E-state index is 0.0370. The van der Waals surface area contributed by atoms with Crippen molar-refractivity contribution in [1.82, 2.24) is 4.98 Å². The van der Waals surface area contributed by atoms with E-state index in [2.05, 4.69) is 38.0 Å². The fraction of sp³-hybridized carbons (Fsp3) is 0.583. The molecule has 3 nitrogen and oxygen atoms in total. The molecule has 0 aliphatic carbocycles. The predicted octanol–water partition coefficient (Wildman–Crippen LogP) is 2.62. The largest absolute Gasteiger partial charge is 0.365 e. The first-order valence-electron chi connectivity index (χ1n) is 5.30. The summed E-state index contributed by atoms with van der Waals surface area (Å²) in [6.45, 7) is 10.4. The molecule has 1 heterocycles. The molecule has 0 radical (unpaired) electrons. The Hall–Kier alpha value is -1.09. The van der Waals surface area contributed by atoms with E-state index < -0.39 is 0 Å². The first kappa shape index (κ1) is 12.0. The lowest BCUT2D eigenvalue weighted by Crippen LogP contribution is -2.26. The normalized spacial score (nSPS) is 13.7. The summed E-state index contributed by atoms with van der Waals surface area (Å²) in [5.74, 6) is 0.907. The number of hydrogen-bond donors (Lipinski definition) is 2. The molecule has 0 spiro atoms. The Balaban J connectivity index is 2.92. The average molecular weight is 207 g/mol. The smallest absolute Gasteiger partial charge is 0.126 e. The lowest BCUT2D eigenvalue weighted by atomic mass is 10.1. The maximum absolute atomic E-state index is 5.83. The maximum Gasteiger partial charge on any atom is 0.126 e. The van der Waals surface area contributed by atoms with Gasteiger partial charge in [0.05, 0.1) is 0 Å². The standard InChI is InChI=1S/C12H21N3/c1-8-6-11(15-12(3,4)5)14-7-10(8)9(2)13/h6-7,9H,13H2,1-5H3,(H,14,15). The van der Waals surface area contributed by atoms with Gasteiger partial charge in [0.2, 0.25) is 0 Å². The molecule has 84 valence electrons. The molecule has 1 aromatic rings. The zero-order chi connectivity index (χ0) is 11.6. The summed E-state index contributed by atoms with van der Waals surface area (Å²) in [6, 6.07) is 2.09. The van der Waals surface area contributed by atoms with Crippen molar-refractivity contribution in [2.24, 2.45) is 5.73 Å². The van der Waals surface area contributed by atoms with Gasteiger partial charge >= 0.3 is 0 Å². The summed E-state index contributed by atoms with van der Waals surface area (Å²) in [6.07, 6.45) is 1.86. The molecule has 0 saturated heterocycles. The molecule has 0 bridgehead atoms. The Bertz CT molecular complexity index is 337. The minimum Gasteiger partial charge on any atom is -0.365 e. The summed E-state index contributed by atoms with van der Waals surface area (Å²) in [7, 11) is 0. The van der Waals surface area contributed by atoms with Crippen LogP contribution >= 0.6 is 0 Å². The lowest BCUT2D eigenvalue weighted by molar-refractivity contribution is 0.630. The van der Waals surface area contributed by atoms with Gasteiger partial charge in [0.1, 0.15) is 5.82 Å². The highest BCUT2D eigenvalue weighted by molar-refractivity contribution is 5.42. The molecule has 0 aliphatic heterocycles. The van der Waals surface area contributed by atoms with Gasteiger partial charge in [-0.15, -0.1) is 0 Å². The number of nitrogens with two attached hydrogens (primary N) is 1. The monoisotopic (exact) mass is 207 g/mol. The van der Waals surface area contributed by atoms with Crippen LogP contribution in [0, 0.1) is 6.92 Å². The van der Waals surface area contributed by atoms with Crippen LogP contribution in [0.2, 0.25) is 0 Å². The fourth-order valence-corrected chi connectivity index (χ4v) is 1.50. The number of aromatic nitrogens is 1. The highest BCUT2D eigenvalue weighted by atomic mass is 15.0. The summed E-state index contributed by atoms with van der Waals surface area (Å²) in [4.78, 5) is 4.36. The van der Waals surface area contributed by atoms with Gasteiger partial charge in [0.15, 0.2) is 0 Å². The number of rotatable bonds is 2. The molecule has 1 aromatic heterocycles. The van der Waals surface area contributed by atoms with E-state index in [1.54, 1.807) is 0 Å². The van der Waals surface area contributed by atoms with Crippen LogP contribution in [0.4, 0.5) is 5.82 Å². The molecule has 0 saturated carbocycles. The second kappa shape index (κ2) is 4.19. The van der Waals surface area contributed by atoms with Gasteiger partial charge in [-0.3, -0.25) is 0 Å². The van der Waals surface area contributed by atoms with E-state index in [9.17, 15) is 0 Å². The fourth-order valence-electron chi connectivity index (χ4n) is 1.50. The van der Waals surface area contributed by atoms with Crippen molar-refractivity contribution in [3.05, 3.63) is 23.4 Å². The van der Waals surface area contributed by atoms with Crippen LogP contribution < -0.4 is 11.1 Å².